The number of thioether (sulfide) groups is 1. The molecular weight excluding hydrogens is 381 g/mol. The normalized spacial score (nSPS) is 13.1. The number of halogens is 2. The van der Waals surface area contributed by atoms with Gasteiger partial charge in [-0.3, -0.25) is 4.79 Å². The average molecular weight is 400 g/mol. The van der Waals surface area contributed by atoms with Crippen LogP contribution >= 0.6 is 35.0 Å². The molecule has 1 atom stereocenters. The molecule has 5 nitrogen and oxygen atoms in total. The lowest BCUT2D eigenvalue weighted by Gasteiger charge is -2.19. The van der Waals surface area contributed by atoms with Crippen molar-refractivity contribution in [2.75, 3.05) is 12.0 Å². The molecule has 0 aromatic heterocycles. The Morgan fingerprint density at radius 2 is 2.00 bits per heavy atom. The Bertz CT molecular complexity index is 650. The first kappa shape index (κ1) is 20.6. The highest BCUT2D eigenvalue weighted by Crippen LogP contribution is 2.25. The van der Waals surface area contributed by atoms with Crippen molar-refractivity contribution in [2.24, 2.45) is 0 Å². The lowest BCUT2D eigenvalue weighted by Crippen LogP contribution is -2.43. The second-order valence-corrected chi connectivity index (χ2v) is 8.53. The Hall–Kier alpha value is -0.470. The number of carbonyl (C=O) groups is 1. The molecule has 0 amide bonds. The molecule has 1 aromatic carbocycles. The SMILES string of the molecule is CSCC[C@H](NS(=O)(=O)c1cc(Cl)ccc1Cl)C(=O)OC(C)C. The van der Waals surface area contributed by atoms with Crippen LogP contribution in [-0.2, 0) is 19.6 Å². The van der Waals surface area contributed by atoms with Crippen LogP contribution in [0.2, 0.25) is 10.0 Å². The number of benzene rings is 1. The van der Waals surface area contributed by atoms with Crippen LogP contribution in [0.15, 0.2) is 23.1 Å². The van der Waals surface area contributed by atoms with E-state index in [0.717, 1.165) is 0 Å². The molecule has 0 saturated heterocycles. The van der Waals surface area contributed by atoms with Crippen molar-refractivity contribution in [3.8, 4) is 0 Å². The highest BCUT2D eigenvalue weighted by atomic mass is 35.5. The molecule has 1 aromatic rings. The van der Waals surface area contributed by atoms with E-state index < -0.39 is 22.0 Å². The second-order valence-electron chi connectivity index (χ2n) is 5.02. The number of hydrogen-bond acceptors (Lipinski definition) is 5. The monoisotopic (exact) mass is 399 g/mol. The molecule has 130 valence electrons. The minimum Gasteiger partial charge on any atom is -0.462 e. The van der Waals surface area contributed by atoms with E-state index >= 15 is 0 Å². The molecule has 23 heavy (non-hydrogen) atoms. The van der Waals surface area contributed by atoms with Gasteiger partial charge in [0.05, 0.1) is 11.1 Å². The summed E-state index contributed by atoms with van der Waals surface area (Å²) in [5.41, 5.74) is 0. The zero-order chi connectivity index (χ0) is 17.6. The molecule has 0 saturated carbocycles. The Balaban J connectivity index is 3.04. The summed E-state index contributed by atoms with van der Waals surface area (Å²) in [4.78, 5) is 11.9. The molecule has 0 unspecified atom stereocenters. The van der Waals surface area contributed by atoms with Gasteiger partial charge in [-0.1, -0.05) is 23.2 Å². The van der Waals surface area contributed by atoms with Crippen LogP contribution in [-0.4, -0.2) is 38.5 Å². The highest BCUT2D eigenvalue weighted by molar-refractivity contribution is 7.98. The average Bonchev–Trinajstić information content (AvgIpc) is 2.45. The van der Waals surface area contributed by atoms with E-state index in [4.69, 9.17) is 27.9 Å². The number of rotatable bonds is 8. The Morgan fingerprint density at radius 3 is 2.57 bits per heavy atom. The van der Waals surface area contributed by atoms with E-state index in [0.29, 0.717) is 12.2 Å². The third-order valence-electron chi connectivity index (χ3n) is 2.73. The number of hydrogen-bond donors (Lipinski definition) is 1. The molecule has 0 aliphatic rings. The molecule has 0 spiro atoms. The lowest BCUT2D eigenvalue weighted by molar-refractivity contribution is -0.149. The zero-order valence-corrected chi connectivity index (χ0v) is 16.2. The number of nitrogens with one attached hydrogen (secondary N) is 1. The van der Waals surface area contributed by atoms with E-state index in [1.165, 1.54) is 30.0 Å². The Labute approximate surface area is 151 Å². The molecule has 1 rings (SSSR count). The molecule has 9 heteroatoms. The maximum atomic E-state index is 12.5. The van der Waals surface area contributed by atoms with Crippen molar-refractivity contribution in [2.45, 2.75) is 37.3 Å². The smallest absolute Gasteiger partial charge is 0.324 e. The van der Waals surface area contributed by atoms with Crippen LogP contribution in [0.1, 0.15) is 20.3 Å². The van der Waals surface area contributed by atoms with Crippen LogP contribution in [0.3, 0.4) is 0 Å². The predicted octanol–water partition coefficient (Wildman–Crippen LogP) is 3.35. The maximum absolute atomic E-state index is 12.5. The van der Waals surface area contributed by atoms with Gasteiger partial charge in [-0.15, -0.1) is 0 Å². The first-order valence-corrected chi connectivity index (χ1v) is 10.5. The first-order chi connectivity index (χ1) is 10.7. The van der Waals surface area contributed by atoms with Gasteiger partial charge < -0.3 is 4.74 Å². The highest BCUT2D eigenvalue weighted by Gasteiger charge is 2.28. The third kappa shape index (κ3) is 6.51. The molecule has 0 bridgehead atoms. The standard InChI is InChI=1S/C14H19Cl2NO4S2/c1-9(2)21-14(18)12(6-7-22-3)17-23(19,20)13-8-10(15)4-5-11(13)16/h4-5,8-9,12,17H,6-7H2,1-3H3/t12-/m0/s1. The summed E-state index contributed by atoms with van der Waals surface area (Å²) < 4.78 is 32.5. The topological polar surface area (TPSA) is 72.5 Å². The van der Waals surface area contributed by atoms with Crippen molar-refractivity contribution < 1.29 is 17.9 Å². The van der Waals surface area contributed by atoms with Crippen LogP contribution in [0, 0.1) is 0 Å². The molecule has 1 N–H and O–H groups in total. The quantitative estimate of drug-likeness (QED) is 0.678. The minimum absolute atomic E-state index is 0.0303. The molecular formula is C14H19Cl2NO4S2. The second kappa shape index (κ2) is 9.13. The largest absolute Gasteiger partial charge is 0.462 e. The third-order valence-corrected chi connectivity index (χ3v) is 5.56. The summed E-state index contributed by atoms with van der Waals surface area (Å²) in [7, 11) is -4.00. The predicted molar refractivity (Wildman–Crippen MR) is 94.8 cm³/mol. The summed E-state index contributed by atoms with van der Waals surface area (Å²) in [6.07, 6.45) is 1.84. The summed E-state index contributed by atoms with van der Waals surface area (Å²) >= 11 is 13.3. The van der Waals surface area contributed by atoms with Gasteiger partial charge in [0.1, 0.15) is 10.9 Å². The zero-order valence-electron chi connectivity index (χ0n) is 13.0. The first-order valence-electron chi connectivity index (χ1n) is 6.84. The van der Waals surface area contributed by atoms with Crippen molar-refractivity contribution in [1.82, 2.24) is 4.72 Å². The van der Waals surface area contributed by atoms with E-state index in [1.54, 1.807) is 13.8 Å². The number of sulfonamides is 1. The number of carbonyl (C=O) groups excluding carboxylic acids is 1. The van der Waals surface area contributed by atoms with Gasteiger partial charge >= 0.3 is 5.97 Å². The van der Waals surface area contributed by atoms with Gasteiger partial charge in [-0.2, -0.15) is 16.5 Å². The van der Waals surface area contributed by atoms with E-state index in [-0.39, 0.29) is 21.0 Å². The molecule has 0 radical (unpaired) electrons. The van der Waals surface area contributed by atoms with Crippen LogP contribution < -0.4 is 4.72 Å². The van der Waals surface area contributed by atoms with Crippen molar-refractivity contribution in [3.05, 3.63) is 28.2 Å². The minimum atomic E-state index is -4.00. The molecule has 0 heterocycles. The Morgan fingerprint density at radius 1 is 1.35 bits per heavy atom. The molecule has 0 aliphatic carbocycles. The van der Waals surface area contributed by atoms with Gasteiger partial charge in [0.25, 0.3) is 0 Å². The fourth-order valence-corrected chi connectivity index (χ4v) is 4.16. The van der Waals surface area contributed by atoms with E-state index in [1.807, 2.05) is 6.26 Å². The molecule has 0 fully saturated rings. The van der Waals surface area contributed by atoms with Crippen LogP contribution in [0.5, 0.6) is 0 Å². The summed E-state index contributed by atoms with van der Waals surface area (Å²) in [5, 5.41) is 0.267. The fraction of sp³-hybridized carbons (Fsp3) is 0.500. The maximum Gasteiger partial charge on any atom is 0.324 e. The van der Waals surface area contributed by atoms with Crippen LogP contribution in [0.4, 0.5) is 0 Å². The lowest BCUT2D eigenvalue weighted by atomic mass is 10.2. The fourth-order valence-electron chi connectivity index (χ4n) is 1.71. The summed E-state index contributed by atoms with van der Waals surface area (Å²) in [6, 6.07) is 3.14. The van der Waals surface area contributed by atoms with Gasteiger partial charge in [-0.25, -0.2) is 8.42 Å². The van der Waals surface area contributed by atoms with Crippen LogP contribution in [0.25, 0.3) is 0 Å². The number of ether oxygens (including phenoxy) is 1. The van der Waals surface area contributed by atoms with Gasteiger partial charge in [0.2, 0.25) is 10.0 Å². The summed E-state index contributed by atoms with van der Waals surface area (Å²) in [6.45, 7) is 3.40. The van der Waals surface area contributed by atoms with E-state index in [9.17, 15) is 13.2 Å². The van der Waals surface area contributed by atoms with Gasteiger partial charge in [-0.05, 0) is 50.5 Å². The number of esters is 1. The Kier molecular flexibility index (Phi) is 8.17. The van der Waals surface area contributed by atoms with Crippen molar-refractivity contribution in [1.29, 1.82) is 0 Å². The van der Waals surface area contributed by atoms with E-state index in [2.05, 4.69) is 4.72 Å². The summed E-state index contributed by atoms with van der Waals surface area (Å²) in [5.74, 6) is -0.0142. The van der Waals surface area contributed by atoms with Crippen molar-refractivity contribution >= 4 is 51.0 Å². The molecule has 0 aliphatic heterocycles. The van der Waals surface area contributed by atoms with Gasteiger partial charge in [0, 0.05) is 5.02 Å². The van der Waals surface area contributed by atoms with Gasteiger partial charge in [0.15, 0.2) is 0 Å². The van der Waals surface area contributed by atoms with Crippen molar-refractivity contribution in [3.63, 3.8) is 0 Å².